The Morgan fingerprint density at radius 3 is 2.62 bits per heavy atom. The number of nitriles is 1. The second-order valence-corrected chi connectivity index (χ2v) is 5.92. The smallest absolute Gasteiger partial charge is 0.119 e. The van der Waals surface area contributed by atoms with Gasteiger partial charge in [-0.25, -0.2) is 4.98 Å². The van der Waals surface area contributed by atoms with Crippen LogP contribution in [0.3, 0.4) is 0 Å². The molecule has 122 valence electrons. The minimum absolute atomic E-state index is 0.477. The van der Waals surface area contributed by atoms with Crippen LogP contribution in [0.2, 0.25) is 0 Å². The van der Waals surface area contributed by atoms with E-state index >= 15 is 0 Å². The van der Waals surface area contributed by atoms with Gasteiger partial charge < -0.3 is 9.30 Å². The number of hydrogen-bond acceptors (Lipinski definition) is 3. The van der Waals surface area contributed by atoms with Crippen LogP contribution in [-0.2, 0) is 13.0 Å². The number of benzene rings is 2. The van der Waals surface area contributed by atoms with E-state index in [0.29, 0.717) is 26.0 Å². The SMILES string of the molecule is Cc1cc2nc(CCOc3ccccc3)n(CCC#N)c2cc1C. The van der Waals surface area contributed by atoms with E-state index < -0.39 is 0 Å². The fraction of sp³-hybridized carbons (Fsp3) is 0.300. The van der Waals surface area contributed by atoms with Gasteiger partial charge in [-0.3, -0.25) is 0 Å². The molecule has 3 aromatic rings. The van der Waals surface area contributed by atoms with Gasteiger partial charge in [-0.1, -0.05) is 18.2 Å². The molecular formula is C20H21N3O. The van der Waals surface area contributed by atoms with E-state index in [2.05, 4.69) is 36.6 Å². The van der Waals surface area contributed by atoms with Crippen molar-refractivity contribution in [3.8, 4) is 11.8 Å². The van der Waals surface area contributed by atoms with Gasteiger partial charge in [0.2, 0.25) is 0 Å². The topological polar surface area (TPSA) is 50.8 Å². The van der Waals surface area contributed by atoms with Crippen LogP contribution < -0.4 is 4.74 Å². The highest BCUT2D eigenvalue weighted by atomic mass is 16.5. The van der Waals surface area contributed by atoms with Crippen molar-refractivity contribution < 1.29 is 4.74 Å². The van der Waals surface area contributed by atoms with Crippen LogP contribution in [-0.4, -0.2) is 16.2 Å². The van der Waals surface area contributed by atoms with Crippen LogP contribution in [0.25, 0.3) is 11.0 Å². The number of hydrogen-bond donors (Lipinski definition) is 0. The average molecular weight is 319 g/mol. The van der Waals surface area contributed by atoms with Crippen molar-refractivity contribution in [1.82, 2.24) is 9.55 Å². The Hall–Kier alpha value is -2.80. The molecule has 0 amide bonds. The maximum atomic E-state index is 8.94. The molecule has 4 nitrogen and oxygen atoms in total. The van der Waals surface area contributed by atoms with E-state index in [-0.39, 0.29) is 0 Å². The van der Waals surface area contributed by atoms with E-state index in [4.69, 9.17) is 15.0 Å². The first-order chi connectivity index (χ1) is 11.7. The number of nitrogens with zero attached hydrogens (tertiary/aromatic N) is 3. The van der Waals surface area contributed by atoms with E-state index in [9.17, 15) is 0 Å². The molecule has 0 radical (unpaired) electrons. The molecule has 2 aromatic carbocycles. The van der Waals surface area contributed by atoms with Gasteiger partial charge in [-0.15, -0.1) is 0 Å². The molecule has 0 spiro atoms. The van der Waals surface area contributed by atoms with Crippen molar-refractivity contribution in [2.45, 2.75) is 33.2 Å². The van der Waals surface area contributed by atoms with Crippen molar-refractivity contribution in [3.63, 3.8) is 0 Å². The Kier molecular flexibility index (Phi) is 4.81. The summed E-state index contributed by atoms with van der Waals surface area (Å²) in [4.78, 5) is 4.77. The highest BCUT2D eigenvalue weighted by Crippen LogP contribution is 2.22. The lowest BCUT2D eigenvalue weighted by molar-refractivity contribution is 0.317. The maximum Gasteiger partial charge on any atom is 0.119 e. The third-order valence-electron chi connectivity index (χ3n) is 4.23. The van der Waals surface area contributed by atoms with Crippen LogP contribution in [0, 0.1) is 25.2 Å². The van der Waals surface area contributed by atoms with Gasteiger partial charge in [-0.2, -0.15) is 5.26 Å². The molecule has 0 N–H and O–H groups in total. The molecule has 0 aliphatic heterocycles. The summed E-state index contributed by atoms with van der Waals surface area (Å²) in [5, 5.41) is 8.94. The van der Waals surface area contributed by atoms with Crippen molar-refractivity contribution >= 4 is 11.0 Å². The molecule has 1 heterocycles. The molecule has 0 bridgehead atoms. The molecule has 24 heavy (non-hydrogen) atoms. The average Bonchev–Trinajstić information content (AvgIpc) is 2.91. The monoisotopic (exact) mass is 319 g/mol. The Bertz CT molecular complexity index is 875. The quantitative estimate of drug-likeness (QED) is 0.684. The number of aromatic nitrogens is 2. The van der Waals surface area contributed by atoms with Gasteiger partial charge in [-0.05, 0) is 49.2 Å². The van der Waals surface area contributed by atoms with Crippen molar-refractivity contribution in [1.29, 1.82) is 5.26 Å². The maximum absolute atomic E-state index is 8.94. The van der Waals surface area contributed by atoms with E-state index in [1.54, 1.807) is 0 Å². The molecule has 4 heteroatoms. The van der Waals surface area contributed by atoms with Gasteiger partial charge in [0.15, 0.2) is 0 Å². The van der Waals surface area contributed by atoms with Crippen LogP contribution in [0.1, 0.15) is 23.4 Å². The molecule has 1 aromatic heterocycles. The molecule has 0 fully saturated rings. The second-order valence-electron chi connectivity index (χ2n) is 5.92. The molecule has 0 saturated carbocycles. The van der Waals surface area contributed by atoms with E-state index in [0.717, 1.165) is 22.6 Å². The second kappa shape index (κ2) is 7.18. The standard InChI is InChI=1S/C20H21N3O/c1-15-13-18-19(14-16(15)2)23(11-6-10-21)20(22-18)9-12-24-17-7-4-3-5-8-17/h3-5,7-8,13-14H,6,9,11-12H2,1-2H3. The zero-order chi connectivity index (χ0) is 16.9. The molecule has 0 atom stereocenters. The fourth-order valence-corrected chi connectivity index (χ4v) is 2.81. The van der Waals surface area contributed by atoms with Crippen molar-refractivity contribution in [2.24, 2.45) is 0 Å². The lowest BCUT2D eigenvalue weighted by Gasteiger charge is -2.09. The van der Waals surface area contributed by atoms with Gasteiger partial charge in [0.05, 0.1) is 30.1 Å². The molecule has 0 aliphatic carbocycles. The van der Waals surface area contributed by atoms with Gasteiger partial charge >= 0.3 is 0 Å². The Labute approximate surface area is 142 Å². The highest BCUT2D eigenvalue weighted by Gasteiger charge is 2.12. The Morgan fingerprint density at radius 2 is 1.88 bits per heavy atom. The minimum atomic E-state index is 0.477. The minimum Gasteiger partial charge on any atom is -0.493 e. The Morgan fingerprint density at radius 1 is 1.12 bits per heavy atom. The predicted octanol–water partition coefficient (Wildman–Crippen LogP) is 4.19. The van der Waals surface area contributed by atoms with E-state index in [1.165, 1.54) is 11.1 Å². The summed E-state index contributed by atoms with van der Waals surface area (Å²) in [5.41, 5.74) is 4.57. The first kappa shape index (κ1) is 16.1. The van der Waals surface area contributed by atoms with E-state index in [1.807, 2.05) is 30.3 Å². The van der Waals surface area contributed by atoms with Gasteiger partial charge in [0, 0.05) is 13.0 Å². The summed E-state index contributed by atoms with van der Waals surface area (Å²) in [5.74, 6) is 1.84. The molecule has 3 rings (SSSR count). The highest BCUT2D eigenvalue weighted by molar-refractivity contribution is 5.78. The third kappa shape index (κ3) is 3.41. The van der Waals surface area contributed by atoms with Gasteiger partial charge in [0.1, 0.15) is 11.6 Å². The van der Waals surface area contributed by atoms with Crippen molar-refractivity contribution in [3.05, 3.63) is 59.4 Å². The number of rotatable bonds is 6. The summed E-state index contributed by atoms with van der Waals surface area (Å²) in [6, 6.07) is 16.3. The largest absolute Gasteiger partial charge is 0.493 e. The number of imidazole rings is 1. The Balaban J connectivity index is 1.84. The molecule has 0 unspecified atom stereocenters. The lowest BCUT2D eigenvalue weighted by Crippen LogP contribution is -2.09. The molecule has 0 aliphatic rings. The fourth-order valence-electron chi connectivity index (χ4n) is 2.81. The first-order valence-corrected chi connectivity index (χ1v) is 8.20. The molecule has 0 saturated heterocycles. The summed E-state index contributed by atoms with van der Waals surface area (Å²) in [6.07, 6.45) is 1.19. The summed E-state index contributed by atoms with van der Waals surface area (Å²) >= 11 is 0. The first-order valence-electron chi connectivity index (χ1n) is 8.20. The summed E-state index contributed by atoms with van der Waals surface area (Å²) < 4.78 is 7.95. The van der Waals surface area contributed by atoms with Crippen LogP contribution in [0.4, 0.5) is 0 Å². The summed E-state index contributed by atoms with van der Waals surface area (Å²) in [7, 11) is 0. The molecular weight excluding hydrogens is 298 g/mol. The lowest BCUT2D eigenvalue weighted by atomic mass is 10.1. The zero-order valence-corrected chi connectivity index (χ0v) is 14.1. The van der Waals surface area contributed by atoms with Crippen LogP contribution in [0.15, 0.2) is 42.5 Å². The third-order valence-corrected chi connectivity index (χ3v) is 4.23. The number of aryl methyl sites for hydroxylation is 3. The number of para-hydroxylation sites is 1. The van der Waals surface area contributed by atoms with Gasteiger partial charge in [0.25, 0.3) is 0 Å². The van der Waals surface area contributed by atoms with Crippen LogP contribution in [0.5, 0.6) is 5.75 Å². The van der Waals surface area contributed by atoms with Crippen LogP contribution >= 0.6 is 0 Å². The normalized spacial score (nSPS) is 10.7. The zero-order valence-electron chi connectivity index (χ0n) is 14.1. The van der Waals surface area contributed by atoms with Crippen molar-refractivity contribution in [2.75, 3.05) is 6.61 Å². The number of ether oxygens (including phenoxy) is 1. The summed E-state index contributed by atoms with van der Waals surface area (Å²) in [6.45, 7) is 5.43. The number of fused-ring (bicyclic) bond motifs is 1. The predicted molar refractivity (Wildman–Crippen MR) is 95.1 cm³/mol.